The minimum atomic E-state index is -0.158. The fourth-order valence-electron chi connectivity index (χ4n) is 2.27. The maximum atomic E-state index is 9.89. The molecule has 0 fully saturated rings. The number of nitrogens with zero attached hydrogens (tertiary/aromatic N) is 2. The number of hydrogen-bond donors (Lipinski definition) is 1. The Bertz CT molecular complexity index is 530. The largest absolute Gasteiger partial charge is 0.510 e. The van der Waals surface area contributed by atoms with Crippen LogP contribution in [0.15, 0.2) is 35.6 Å². The maximum Gasteiger partial charge on any atom is 0.167 e. The van der Waals surface area contributed by atoms with E-state index in [0.717, 1.165) is 12.8 Å². The normalized spacial score (nSPS) is 17.4. The van der Waals surface area contributed by atoms with Crippen LogP contribution in [0.3, 0.4) is 0 Å². The van der Waals surface area contributed by atoms with Crippen LogP contribution in [0.5, 0.6) is 0 Å². The molecule has 0 spiro atoms. The van der Waals surface area contributed by atoms with Crippen LogP contribution < -0.4 is 0 Å². The highest BCUT2D eigenvalue weighted by molar-refractivity contribution is 5.40. The Morgan fingerprint density at radius 3 is 2.47 bits per heavy atom. The van der Waals surface area contributed by atoms with E-state index >= 15 is 0 Å². The molecule has 1 aromatic rings. The summed E-state index contributed by atoms with van der Waals surface area (Å²) in [4.78, 5) is 0. The Labute approximate surface area is 100 Å². The van der Waals surface area contributed by atoms with Crippen LogP contribution in [0.25, 0.3) is 0 Å². The summed E-state index contributed by atoms with van der Waals surface area (Å²) in [6, 6.07) is 11.6. The van der Waals surface area contributed by atoms with Crippen molar-refractivity contribution in [3.63, 3.8) is 0 Å². The Morgan fingerprint density at radius 2 is 1.82 bits per heavy atom. The van der Waals surface area contributed by atoms with Crippen molar-refractivity contribution in [3.05, 3.63) is 46.7 Å². The number of allylic oxidation sites excluding steroid dienone is 2. The first-order valence-electron chi connectivity index (χ1n) is 5.56. The molecule has 0 saturated heterocycles. The predicted octanol–water partition coefficient (Wildman–Crippen LogP) is 2.65. The Morgan fingerprint density at radius 1 is 1.18 bits per heavy atom. The van der Waals surface area contributed by atoms with Gasteiger partial charge in [-0.3, -0.25) is 0 Å². The van der Waals surface area contributed by atoms with Gasteiger partial charge in [-0.2, -0.15) is 10.5 Å². The molecule has 0 bridgehead atoms. The van der Waals surface area contributed by atoms with E-state index in [4.69, 9.17) is 10.5 Å². The second kappa shape index (κ2) is 4.72. The van der Waals surface area contributed by atoms with Gasteiger partial charge in [0, 0.05) is 5.92 Å². The van der Waals surface area contributed by atoms with Crippen LogP contribution in [0.4, 0.5) is 0 Å². The summed E-state index contributed by atoms with van der Waals surface area (Å²) in [5, 5.41) is 27.4. The van der Waals surface area contributed by atoms with Crippen molar-refractivity contribution in [3.8, 4) is 12.1 Å². The molecule has 1 N–H and O–H groups in total. The SMILES string of the molecule is N#CC(C#N)=C(O)[C@@H]1CCc2ccccc2C1. The van der Waals surface area contributed by atoms with Crippen molar-refractivity contribution in [2.45, 2.75) is 19.3 Å². The lowest BCUT2D eigenvalue weighted by Crippen LogP contribution is -2.17. The third-order valence-electron chi connectivity index (χ3n) is 3.21. The lowest BCUT2D eigenvalue weighted by molar-refractivity contribution is 0.308. The van der Waals surface area contributed by atoms with E-state index in [2.05, 4.69) is 6.07 Å². The standard InChI is InChI=1S/C14H12N2O/c15-8-13(9-16)14(17)12-6-5-10-3-1-2-4-11(10)7-12/h1-4,12,17H,5-7H2/t12-/m1/s1. The van der Waals surface area contributed by atoms with Crippen molar-refractivity contribution >= 4 is 0 Å². The van der Waals surface area contributed by atoms with Crippen molar-refractivity contribution < 1.29 is 5.11 Å². The molecule has 0 amide bonds. The number of aliphatic hydroxyl groups is 1. The van der Waals surface area contributed by atoms with E-state index in [1.54, 1.807) is 12.1 Å². The topological polar surface area (TPSA) is 67.8 Å². The highest BCUT2D eigenvalue weighted by Gasteiger charge is 2.23. The molecule has 0 saturated carbocycles. The Balaban J connectivity index is 2.28. The van der Waals surface area contributed by atoms with Crippen LogP contribution >= 0.6 is 0 Å². The van der Waals surface area contributed by atoms with Gasteiger partial charge in [-0.05, 0) is 30.4 Å². The third kappa shape index (κ3) is 2.14. The number of hydrogen-bond acceptors (Lipinski definition) is 3. The first kappa shape index (κ1) is 11.2. The molecule has 2 rings (SSSR count). The molecule has 3 nitrogen and oxygen atoms in total. The molecule has 0 aliphatic heterocycles. The van der Waals surface area contributed by atoms with Crippen LogP contribution in [-0.4, -0.2) is 5.11 Å². The molecule has 0 unspecified atom stereocenters. The molecule has 0 aromatic heterocycles. The van der Waals surface area contributed by atoms with Crippen molar-refractivity contribution in [2.24, 2.45) is 5.92 Å². The summed E-state index contributed by atoms with van der Waals surface area (Å²) in [6.45, 7) is 0. The zero-order valence-electron chi connectivity index (χ0n) is 9.35. The Kier molecular flexibility index (Phi) is 3.12. The van der Waals surface area contributed by atoms with E-state index in [0.29, 0.717) is 6.42 Å². The monoisotopic (exact) mass is 224 g/mol. The van der Waals surface area contributed by atoms with Gasteiger partial charge in [-0.15, -0.1) is 0 Å². The molecule has 0 heterocycles. The summed E-state index contributed by atoms with van der Waals surface area (Å²) < 4.78 is 0. The van der Waals surface area contributed by atoms with Gasteiger partial charge < -0.3 is 5.11 Å². The van der Waals surface area contributed by atoms with Crippen LogP contribution in [0.2, 0.25) is 0 Å². The second-order valence-corrected chi connectivity index (χ2v) is 4.19. The van der Waals surface area contributed by atoms with E-state index in [9.17, 15) is 5.11 Å². The zero-order chi connectivity index (χ0) is 12.3. The molecule has 0 radical (unpaired) electrons. The fraction of sp³-hybridized carbons (Fsp3) is 0.286. The predicted molar refractivity (Wildman–Crippen MR) is 62.8 cm³/mol. The fourth-order valence-corrected chi connectivity index (χ4v) is 2.27. The van der Waals surface area contributed by atoms with E-state index in [1.807, 2.05) is 18.2 Å². The lowest BCUT2D eigenvalue weighted by atomic mass is 9.82. The van der Waals surface area contributed by atoms with Gasteiger partial charge in [0.15, 0.2) is 5.57 Å². The molecule has 1 aliphatic carbocycles. The maximum absolute atomic E-state index is 9.89. The second-order valence-electron chi connectivity index (χ2n) is 4.19. The van der Waals surface area contributed by atoms with Crippen molar-refractivity contribution in [1.82, 2.24) is 0 Å². The molecule has 3 heteroatoms. The summed E-state index contributed by atoms with van der Waals surface area (Å²) in [5.74, 6) is -0.149. The Hall–Kier alpha value is -2.26. The first-order chi connectivity index (χ1) is 8.26. The summed E-state index contributed by atoms with van der Waals surface area (Å²) >= 11 is 0. The van der Waals surface area contributed by atoms with Gasteiger partial charge >= 0.3 is 0 Å². The summed E-state index contributed by atoms with van der Waals surface area (Å²) in [6.07, 6.45) is 2.37. The molecule has 1 aliphatic rings. The van der Waals surface area contributed by atoms with Crippen LogP contribution in [0, 0.1) is 28.6 Å². The molecular weight excluding hydrogens is 212 g/mol. The number of rotatable bonds is 1. The average Bonchev–Trinajstić information content (AvgIpc) is 2.39. The van der Waals surface area contributed by atoms with Gasteiger partial charge in [0.2, 0.25) is 0 Å². The highest BCUT2D eigenvalue weighted by Crippen LogP contribution is 2.30. The van der Waals surface area contributed by atoms with Crippen LogP contribution in [0.1, 0.15) is 17.5 Å². The molecule has 1 aromatic carbocycles. The van der Waals surface area contributed by atoms with Crippen molar-refractivity contribution in [1.29, 1.82) is 10.5 Å². The number of fused-ring (bicyclic) bond motifs is 1. The van der Waals surface area contributed by atoms with E-state index in [1.165, 1.54) is 11.1 Å². The number of aryl methyl sites for hydroxylation is 1. The summed E-state index contributed by atoms with van der Waals surface area (Å²) in [5.41, 5.74) is 2.34. The minimum Gasteiger partial charge on any atom is -0.510 e. The zero-order valence-corrected chi connectivity index (χ0v) is 9.35. The minimum absolute atomic E-state index is 0.0514. The van der Waals surface area contributed by atoms with Gasteiger partial charge in [-0.25, -0.2) is 0 Å². The molecule has 1 atom stereocenters. The van der Waals surface area contributed by atoms with Gasteiger partial charge in [0.05, 0.1) is 0 Å². The lowest BCUT2D eigenvalue weighted by Gasteiger charge is -2.23. The third-order valence-corrected chi connectivity index (χ3v) is 3.21. The smallest absolute Gasteiger partial charge is 0.167 e. The van der Waals surface area contributed by atoms with Crippen molar-refractivity contribution in [2.75, 3.05) is 0 Å². The van der Waals surface area contributed by atoms with E-state index in [-0.39, 0.29) is 17.3 Å². The quantitative estimate of drug-likeness (QED) is 0.589. The number of nitriles is 2. The first-order valence-corrected chi connectivity index (χ1v) is 5.56. The van der Waals surface area contributed by atoms with Gasteiger partial charge in [-0.1, -0.05) is 24.3 Å². The number of aliphatic hydroxyl groups excluding tert-OH is 1. The van der Waals surface area contributed by atoms with E-state index < -0.39 is 0 Å². The molecule has 17 heavy (non-hydrogen) atoms. The molecular formula is C14H12N2O. The number of benzene rings is 1. The summed E-state index contributed by atoms with van der Waals surface area (Å²) in [7, 11) is 0. The average molecular weight is 224 g/mol. The van der Waals surface area contributed by atoms with Gasteiger partial charge in [0.1, 0.15) is 17.9 Å². The molecule has 84 valence electrons. The van der Waals surface area contributed by atoms with Gasteiger partial charge in [0.25, 0.3) is 0 Å². The highest BCUT2D eigenvalue weighted by atomic mass is 16.3. The van der Waals surface area contributed by atoms with Crippen LogP contribution in [-0.2, 0) is 12.8 Å².